The summed E-state index contributed by atoms with van der Waals surface area (Å²) in [6, 6.07) is 2.32. The van der Waals surface area contributed by atoms with Crippen LogP contribution in [0.25, 0.3) is 22.4 Å². The van der Waals surface area contributed by atoms with Crippen LogP contribution in [0.3, 0.4) is 0 Å². The van der Waals surface area contributed by atoms with Crippen molar-refractivity contribution in [2.75, 3.05) is 51.8 Å². The summed E-state index contributed by atoms with van der Waals surface area (Å²) in [5.74, 6) is 1.14. The van der Waals surface area contributed by atoms with Gasteiger partial charge in [0.2, 0.25) is 11.8 Å². The molecule has 3 aromatic rings. The number of hydrogen-bond donors (Lipinski definition) is 0. The van der Waals surface area contributed by atoms with Gasteiger partial charge in [0, 0.05) is 44.1 Å². The maximum absolute atomic E-state index is 5.52. The van der Waals surface area contributed by atoms with Crippen LogP contribution in [0.2, 0.25) is 0 Å². The Hall–Kier alpha value is -2.78. The second kappa shape index (κ2) is 8.71. The average Bonchev–Trinajstić information content (AvgIpc) is 3.33. The van der Waals surface area contributed by atoms with Gasteiger partial charge in [-0.2, -0.15) is 16.3 Å². The Bertz CT molecular complexity index is 958. The van der Waals surface area contributed by atoms with E-state index in [-0.39, 0.29) is 6.01 Å². The van der Waals surface area contributed by atoms with Gasteiger partial charge < -0.3 is 19.3 Å². The van der Waals surface area contributed by atoms with Crippen molar-refractivity contribution in [3.05, 3.63) is 29.2 Å². The zero-order chi connectivity index (χ0) is 20.2. The summed E-state index contributed by atoms with van der Waals surface area (Å²) in [7, 11) is 3.12. The first-order valence-electron chi connectivity index (χ1n) is 9.55. The van der Waals surface area contributed by atoms with Gasteiger partial charge >= 0.3 is 6.01 Å². The summed E-state index contributed by atoms with van der Waals surface area (Å²) in [6.45, 7) is 7.09. The van der Waals surface area contributed by atoms with E-state index in [0.717, 1.165) is 49.5 Å². The quantitative estimate of drug-likeness (QED) is 0.612. The Kier molecular flexibility index (Phi) is 5.86. The second-order valence-corrected chi connectivity index (χ2v) is 7.43. The van der Waals surface area contributed by atoms with Crippen LogP contribution in [0, 0.1) is 0 Å². The van der Waals surface area contributed by atoms with Gasteiger partial charge in [-0.05, 0) is 28.9 Å². The van der Waals surface area contributed by atoms with Crippen molar-refractivity contribution in [2.24, 2.45) is 0 Å². The van der Waals surface area contributed by atoms with Crippen LogP contribution in [0.1, 0.15) is 6.92 Å². The van der Waals surface area contributed by atoms with E-state index < -0.39 is 0 Å². The Labute approximate surface area is 174 Å². The molecule has 0 saturated carbocycles. The van der Waals surface area contributed by atoms with E-state index >= 15 is 0 Å². The average molecular weight is 413 g/mol. The summed E-state index contributed by atoms with van der Waals surface area (Å²) in [6.07, 6.45) is 3.58. The van der Waals surface area contributed by atoms with E-state index in [0.29, 0.717) is 17.4 Å². The number of hydrogen-bond acceptors (Lipinski definition) is 9. The first-order chi connectivity index (χ1) is 14.2. The third-order valence-corrected chi connectivity index (χ3v) is 5.76. The lowest BCUT2D eigenvalue weighted by Gasteiger charge is -2.34. The zero-order valence-electron chi connectivity index (χ0n) is 16.8. The smallest absolute Gasteiger partial charge is 0.319 e. The van der Waals surface area contributed by atoms with Gasteiger partial charge in [0.15, 0.2) is 0 Å². The van der Waals surface area contributed by atoms with Crippen molar-refractivity contribution in [1.82, 2.24) is 24.8 Å². The van der Waals surface area contributed by atoms with Gasteiger partial charge in [0.05, 0.1) is 25.5 Å². The minimum absolute atomic E-state index is 0.257. The van der Waals surface area contributed by atoms with Gasteiger partial charge in [0.1, 0.15) is 0 Å². The van der Waals surface area contributed by atoms with Gasteiger partial charge in [-0.3, -0.25) is 0 Å². The van der Waals surface area contributed by atoms with Crippen LogP contribution in [0.5, 0.6) is 11.9 Å². The van der Waals surface area contributed by atoms with Crippen molar-refractivity contribution in [2.45, 2.75) is 6.92 Å². The molecule has 0 N–H and O–H groups in total. The fourth-order valence-corrected chi connectivity index (χ4v) is 4.05. The normalized spacial score (nSPS) is 14.8. The molecule has 0 aliphatic carbocycles. The molecule has 0 unspecified atom stereocenters. The number of piperazine rings is 1. The van der Waals surface area contributed by atoms with Crippen LogP contribution in [-0.2, 0) is 0 Å². The highest BCUT2D eigenvalue weighted by Crippen LogP contribution is 2.36. The number of anilines is 1. The molecule has 1 aliphatic rings. The van der Waals surface area contributed by atoms with E-state index in [9.17, 15) is 0 Å². The van der Waals surface area contributed by atoms with E-state index in [1.54, 1.807) is 24.6 Å². The minimum atomic E-state index is 0.257. The van der Waals surface area contributed by atoms with Gasteiger partial charge in [-0.15, -0.1) is 0 Å². The number of nitrogens with zero attached hydrogens (tertiary/aromatic N) is 6. The molecule has 1 saturated heterocycles. The first-order valence-corrected chi connectivity index (χ1v) is 10.5. The van der Waals surface area contributed by atoms with Crippen LogP contribution >= 0.6 is 11.3 Å². The topological polar surface area (TPSA) is 76.5 Å². The molecule has 0 atom stereocenters. The first kappa shape index (κ1) is 19.5. The maximum Gasteiger partial charge on any atom is 0.319 e. The predicted molar refractivity (Wildman–Crippen MR) is 114 cm³/mol. The molecule has 0 aromatic carbocycles. The van der Waals surface area contributed by atoms with Crippen molar-refractivity contribution < 1.29 is 9.47 Å². The molecule has 1 aliphatic heterocycles. The highest BCUT2D eigenvalue weighted by molar-refractivity contribution is 7.08. The Morgan fingerprint density at radius 2 is 1.79 bits per heavy atom. The van der Waals surface area contributed by atoms with E-state index in [1.165, 1.54) is 7.11 Å². The number of aromatic nitrogens is 4. The van der Waals surface area contributed by atoms with E-state index in [1.807, 2.05) is 11.6 Å². The van der Waals surface area contributed by atoms with Crippen LogP contribution < -0.4 is 14.4 Å². The molecule has 0 bridgehead atoms. The summed E-state index contributed by atoms with van der Waals surface area (Å²) in [5.41, 5.74) is 3.45. The van der Waals surface area contributed by atoms with Gasteiger partial charge in [-0.25, -0.2) is 15.0 Å². The molecule has 8 nitrogen and oxygen atoms in total. The molecule has 29 heavy (non-hydrogen) atoms. The fourth-order valence-electron chi connectivity index (χ4n) is 3.39. The van der Waals surface area contributed by atoms with Crippen LogP contribution in [-0.4, -0.2) is 71.8 Å². The third-order valence-electron chi connectivity index (χ3n) is 5.07. The highest BCUT2D eigenvalue weighted by Gasteiger charge is 2.22. The molecule has 0 amide bonds. The Morgan fingerprint density at radius 1 is 1.00 bits per heavy atom. The lowest BCUT2D eigenvalue weighted by molar-refractivity contribution is 0.270. The molecular weight excluding hydrogens is 388 g/mol. The van der Waals surface area contributed by atoms with Crippen LogP contribution in [0.4, 0.5) is 5.95 Å². The van der Waals surface area contributed by atoms with Crippen LogP contribution in [0.15, 0.2) is 29.2 Å². The fraction of sp³-hybridized carbons (Fsp3) is 0.400. The van der Waals surface area contributed by atoms with Crippen molar-refractivity contribution in [1.29, 1.82) is 0 Å². The van der Waals surface area contributed by atoms with E-state index in [4.69, 9.17) is 14.5 Å². The standard InChI is InChI=1S/C20H24N6O2S/c1-4-25-6-8-26(9-7-25)19-21-11-15(14-5-10-29-13-14)17(23-19)16-12-22-20(28-3)24-18(16)27-2/h5,10-13H,4,6-9H2,1-3H3. The summed E-state index contributed by atoms with van der Waals surface area (Å²) < 4.78 is 10.7. The molecule has 0 radical (unpaired) electrons. The largest absolute Gasteiger partial charge is 0.480 e. The van der Waals surface area contributed by atoms with E-state index in [2.05, 4.69) is 43.1 Å². The second-order valence-electron chi connectivity index (χ2n) is 6.65. The van der Waals surface area contributed by atoms with Gasteiger partial charge in [-0.1, -0.05) is 6.92 Å². The van der Waals surface area contributed by atoms with Crippen molar-refractivity contribution in [3.8, 4) is 34.3 Å². The zero-order valence-corrected chi connectivity index (χ0v) is 17.6. The molecule has 3 aromatic heterocycles. The monoisotopic (exact) mass is 412 g/mol. The van der Waals surface area contributed by atoms with Crippen molar-refractivity contribution >= 4 is 17.3 Å². The lowest BCUT2D eigenvalue weighted by Crippen LogP contribution is -2.46. The summed E-state index contributed by atoms with van der Waals surface area (Å²) >= 11 is 1.64. The summed E-state index contributed by atoms with van der Waals surface area (Å²) in [5, 5.41) is 4.12. The molecule has 1 fully saturated rings. The molecule has 0 spiro atoms. The Morgan fingerprint density at radius 3 is 2.45 bits per heavy atom. The Balaban J connectivity index is 1.78. The predicted octanol–water partition coefficient (Wildman–Crippen LogP) is 2.82. The van der Waals surface area contributed by atoms with Gasteiger partial charge in [0.25, 0.3) is 0 Å². The maximum atomic E-state index is 5.52. The SMILES string of the molecule is CCN1CCN(c2ncc(-c3ccsc3)c(-c3cnc(OC)nc3OC)n2)CC1. The number of thiophene rings is 1. The third kappa shape index (κ3) is 4.01. The number of ether oxygens (including phenoxy) is 2. The van der Waals surface area contributed by atoms with Crippen molar-refractivity contribution in [3.63, 3.8) is 0 Å². The number of methoxy groups -OCH3 is 2. The lowest BCUT2D eigenvalue weighted by atomic mass is 10.1. The highest BCUT2D eigenvalue weighted by atomic mass is 32.1. The molecule has 4 heterocycles. The number of rotatable bonds is 6. The molecule has 9 heteroatoms. The molecular formula is C20H24N6O2S. The summed E-state index contributed by atoms with van der Waals surface area (Å²) in [4.78, 5) is 22.9. The minimum Gasteiger partial charge on any atom is -0.480 e. The number of likely N-dealkylation sites (N-methyl/N-ethyl adjacent to an activating group) is 1. The molecule has 152 valence electrons. The molecule has 4 rings (SSSR count).